The van der Waals surface area contributed by atoms with Crippen LogP contribution in [0.15, 0.2) is 60.8 Å². The van der Waals surface area contributed by atoms with Gasteiger partial charge in [-0.2, -0.15) is 0 Å². The van der Waals surface area contributed by atoms with E-state index in [4.69, 9.17) is 9.47 Å². The summed E-state index contributed by atoms with van der Waals surface area (Å²) >= 11 is 0. The Balaban J connectivity index is 1.23. The lowest BCUT2D eigenvalue weighted by Gasteiger charge is -2.32. The quantitative estimate of drug-likeness (QED) is 0.290. The molecule has 8 nitrogen and oxygen atoms in total. The Bertz CT molecular complexity index is 1210. The number of ether oxygens (including phenoxy) is 2. The summed E-state index contributed by atoms with van der Waals surface area (Å²) in [5.41, 5.74) is 1.34. The van der Waals surface area contributed by atoms with Gasteiger partial charge in [-0.05, 0) is 79.6 Å². The van der Waals surface area contributed by atoms with Crippen molar-refractivity contribution in [2.75, 3.05) is 36.5 Å². The highest BCUT2D eigenvalue weighted by atomic mass is 19.1. The molecule has 0 atom stereocenters. The number of hydrogen-bond donors (Lipinski definition) is 3. The second-order valence-electron chi connectivity index (χ2n) is 10.2. The monoisotopic (exact) mass is 537 g/mol. The largest absolute Gasteiger partial charge is 0.494 e. The number of hydrogen-bond acceptors (Lipinski definition) is 7. The standard InChI is InChI=1S/C30H36FN3O5/c1-20(2)13-16-38-25-7-3-22(4-8-25)29(35)33-24-6-10-28(32-18-24)34-14-11-21(12-15-34)19-39-27-17-23(30(36)37)5-9-26(27)31/h3-10,17-18,20-21,30,36-37H,11-16,19H2,1-2H3,(H,33,35). The molecule has 0 aliphatic carbocycles. The van der Waals surface area contributed by atoms with Crippen LogP contribution in [0.5, 0.6) is 11.5 Å². The van der Waals surface area contributed by atoms with Crippen molar-refractivity contribution in [3.8, 4) is 11.5 Å². The van der Waals surface area contributed by atoms with Gasteiger partial charge in [-0.3, -0.25) is 4.79 Å². The average Bonchev–Trinajstić information content (AvgIpc) is 2.93. The number of rotatable bonds is 11. The summed E-state index contributed by atoms with van der Waals surface area (Å²) in [6, 6.07) is 14.6. The summed E-state index contributed by atoms with van der Waals surface area (Å²) in [7, 11) is 0. The fourth-order valence-electron chi connectivity index (χ4n) is 4.29. The molecule has 1 fully saturated rings. The predicted octanol–water partition coefficient (Wildman–Crippen LogP) is 5.18. The zero-order chi connectivity index (χ0) is 27.8. The maximum Gasteiger partial charge on any atom is 0.255 e. The van der Waals surface area contributed by atoms with E-state index in [-0.39, 0.29) is 23.1 Å². The number of halogens is 1. The maximum absolute atomic E-state index is 14.0. The van der Waals surface area contributed by atoms with E-state index in [0.29, 0.717) is 30.4 Å². The third-order valence-corrected chi connectivity index (χ3v) is 6.75. The van der Waals surface area contributed by atoms with Gasteiger partial charge in [0.05, 0.1) is 25.1 Å². The first-order valence-electron chi connectivity index (χ1n) is 13.3. The highest BCUT2D eigenvalue weighted by Gasteiger charge is 2.21. The molecule has 208 valence electrons. The van der Waals surface area contributed by atoms with Gasteiger partial charge in [0.25, 0.3) is 5.91 Å². The highest BCUT2D eigenvalue weighted by molar-refractivity contribution is 6.04. The summed E-state index contributed by atoms with van der Waals surface area (Å²) in [6.07, 6.45) is 2.65. The van der Waals surface area contributed by atoms with Crippen molar-refractivity contribution in [1.29, 1.82) is 0 Å². The van der Waals surface area contributed by atoms with Crippen molar-refractivity contribution in [3.63, 3.8) is 0 Å². The van der Waals surface area contributed by atoms with Crippen LogP contribution in [0.3, 0.4) is 0 Å². The smallest absolute Gasteiger partial charge is 0.255 e. The van der Waals surface area contributed by atoms with Gasteiger partial charge in [0, 0.05) is 24.2 Å². The molecule has 2 aromatic carbocycles. The van der Waals surface area contributed by atoms with Crippen molar-refractivity contribution in [2.24, 2.45) is 11.8 Å². The summed E-state index contributed by atoms with van der Waals surface area (Å²) in [6.45, 7) is 6.85. The number of nitrogens with zero attached hydrogens (tertiary/aromatic N) is 2. The van der Waals surface area contributed by atoms with Crippen molar-refractivity contribution < 1.29 is 28.9 Å². The molecule has 1 aromatic heterocycles. The van der Waals surface area contributed by atoms with Crippen molar-refractivity contribution in [2.45, 2.75) is 39.4 Å². The lowest BCUT2D eigenvalue weighted by Crippen LogP contribution is -2.36. The van der Waals surface area contributed by atoms with Crippen LogP contribution < -0.4 is 19.7 Å². The first-order chi connectivity index (χ1) is 18.8. The van der Waals surface area contributed by atoms with E-state index in [1.54, 1.807) is 30.5 Å². The Morgan fingerprint density at radius 3 is 2.46 bits per heavy atom. The fourth-order valence-corrected chi connectivity index (χ4v) is 4.29. The van der Waals surface area contributed by atoms with Crippen LogP contribution in [0.25, 0.3) is 0 Å². The number of anilines is 2. The minimum absolute atomic E-state index is 0.0215. The zero-order valence-electron chi connectivity index (χ0n) is 22.3. The fraction of sp³-hybridized carbons (Fsp3) is 0.400. The maximum atomic E-state index is 14.0. The molecular weight excluding hydrogens is 501 g/mol. The molecule has 4 rings (SSSR count). The summed E-state index contributed by atoms with van der Waals surface area (Å²) in [5, 5.41) is 21.5. The van der Waals surface area contributed by atoms with E-state index in [2.05, 4.69) is 29.0 Å². The van der Waals surface area contributed by atoms with Gasteiger partial charge in [0.1, 0.15) is 11.6 Å². The number of aromatic nitrogens is 1. The number of aliphatic hydroxyl groups excluding tert-OH is 1. The van der Waals surface area contributed by atoms with Crippen LogP contribution in [0.2, 0.25) is 0 Å². The Labute approximate surface area is 228 Å². The van der Waals surface area contributed by atoms with E-state index in [1.807, 2.05) is 12.1 Å². The lowest BCUT2D eigenvalue weighted by molar-refractivity contribution is -0.0427. The first kappa shape index (κ1) is 28.3. The van der Waals surface area contributed by atoms with Gasteiger partial charge in [-0.15, -0.1) is 0 Å². The molecule has 3 N–H and O–H groups in total. The van der Waals surface area contributed by atoms with Gasteiger partial charge < -0.3 is 29.9 Å². The second-order valence-corrected chi connectivity index (χ2v) is 10.2. The summed E-state index contributed by atoms with van der Waals surface area (Å²) in [5.74, 6) is 1.67. The Kier molecular flexibility index (Phi) is 9.73. The van der Waals surface area contributed by atoms with Crippen LogP contribution in [-0.4, -0.2) is 47.4 Å². The van der Waals surface area contributed by atoms with Gasteiger partial charge >= 0.3 is 0 Å². The molecule has 0 radical (unpaired) electrons. The molecular formula is C30H36FN3O5. The number of carbonyl (C=O) groups excluding carboxylic acids is 1. The molecule has 1 aliphatic heterocycles. The van der Waals surface area contributed by atoms with Crippen molar-refractivity contribution in [1.82, 2.24) is 4.98 Å². The third kappa shape index (κ3) is 8.15. The van der Waals surface area contributed by atoms with E-state index >= 15 is 0 Å². The normalized spacial score (nSPS) is 14.1. The minimum Gasteiger partial charge on any atom is -0.494 e. The number of pyridine rings is 1. The van der Waals surface area contributed by atoms with Gasteiger partial charge in [0.15, 0.2) is 17.9 Å². The number of amides is 1. The molecule has 0 spiro atoms. The Morgan fingerprint density at radius 2 is 1.82 bits per heavy atom. The molecule has 0 saturated carbocycles. The number of nitrogens with one attached hydrogen (secondary N) is 1. The molecule has 1 saturated heterocycles. The molecule has 0 bridgehead atoms. The van der Waals surface area contributed by atoms with Crippen molar-refractivity contribution >= 4 is 17.4 Å². The van der Waals surface area contributed by atoms with Crippen LogP contribution in [0, 0.1) is 17.7 Å². The minimum atomic E-state index is -1.67. The van der Waals surface area contributed by atoms with Crippen LogP contribution in [0.1, 0.15) is 55.3 Å². The lowest BCUT2D eigenvalue weighted by atomic mass is 9.98. The van der Waals surface area contributed by atoms with Gasteiger partial charge in [-0.1, -0.05) is 19.9 Å². The number of benzene rings is 2. The zero-order valence-corrected chi connectivity index (χ0v) is 22.3. The molecule has 2 heterocycles. The summed E-state index contributed by atoms with van der Waals surface area (Å²) < 4.78 is 25.4. The second kappa shape index (κ2) is 13.4. The van der Waals surface area contributed by atoms with E-state index < -0.39 is 12.1 Å². The topological polar surface area (TPSA) is 104 Å². The van der Waals surface area contributed by atoms with Crippen LogP contribution >= 0.6 is 0 Å². The Morgan fingerprint density at radius 1 is 1.08 bits per heavy atom. The molecule has 1 amide bonds. The van der Waals surface area contributed by atoms with E-state index in [0.717, 1.165) is 43.9 Å². The van der Waals surface area contributed by atoms with Gasteiger partial charge in [-0.25, -0.2) is 9.37 Å². The molecule has 0 unspecified atom stereocenters. The van der Waals surface area contributed by atoms with E-state index in [1.165, 1.54) is 18.2 Å². The third-order valence-electron chi connectivity index (χ3n) is 6.75. The number of carbonyl (C=O) groups is 1. The number of aliphatic hydroxyl groups is 2. The predicted molar refractivity (Wildman–Crippen MR) is 148 cm³/mol. The van der Waals surface area contributed by atoms with Crippen LogP contribution in [0.4, 0.5) is 15.9 Å². The summed E-state index contributed by atoms with van der Waals surface area (Å²) in [4.78, 5) is 19.3. The molecule has 1 aliphatic rings. The average molecular weight is 538 g/mol. The molecule has 3 aromatic rings. The first-order valence-corrected chi connectivity index (χ1v) is 13.3. The Hall–Kier alpha value is -3.69. The number of piperidine rings is 1. The highest BCUT2D eigenvalue weighted by Crippen LogP contribution is 2.26. The van der Waals surface area contributed by atoms with Crippen LogP contribution in [-0.2, 0) is 0 Å². The molecule has 39 heavy (non-hydrogen) atoms. The SMILES string of the molecule is CC(C)CCOc1ccc(C(=O)Nc2ccc(N3CCC(COc4cc(C(O)O)ccc4F)CC3)nc2)cc1. The van der Waals surface area contributed by atoms with Gasteiger partial charge in [0.2, 0.25) is 0 Å². The van der Waals surface area contributed by atoms with Crippen molar-refractivity contribution in [3.05, 3.63) is 77.7 Å². The van der Waals surface area contributed by atoms with E-state index in [9.17, 15) is 19.4 Å². The molecule has 9 heteroatoms.